The first-order chi connectivity index (χ1) is 7.59. The van der Waals surface area contributed by atoms with Crippen LogP contribution in [0, 0.1) is 6.92 Å². The molecule has 1 aromatic rings. The molecule has 0 heterocycles. The lowest BCUT2D eigenvalue weighted by Gasteiger charge is -2.28. The van der Waals surface area contributed by atoms with Crippen molar-refractivity contribution in [2.45, 2.75) is 39.2 Å². The molecular formula is C14H20O2. The van der Waals surface area contributed by atoms with Gasteiger partial charge in [-0.1, -0.05) is 43.7 Å². The van der Waals surface area contributed by atoms with Crippen molar-refractivity contribution < 1.29 is 9.53 Å². The van der Waals surface area contributed by atoms with Crippen LogP contribution in [0.25, 0.3) is 0 Å². The second-order valence-corrected chi connectivity index (χ2v) is 4.10. The van der Waals surface area contributed by atoms with E-state index < -0.39 is 5.60 Å². The van der Waals surface area contributed by atoms with Gasteiger partial charge in [0.25, 0.3) is 0 Å². The van der Waals surface area contributed by atoms with Gasteiger partial charge in [-0.15, -0.1) is 0 Å². The van der Waals surface area contributed by atoms with E-state index in [2.05, 4.69) is 0 Å². The summed E-state index contributed by atoms with van der Waals surface area (Å²) in [6.07, 6.45) is 1.40. The highest BCUT2D eigenvalue weighted by Gasteiger charge is 2.35. The van der Waals surface area contributed by atoms with E-state index >= 15 is 0 Å². The van der Waals surface area contributed by atoms with Crippen LogP contribution in [0.5, 0.6) is 0 Å². The molecule has 0 radical (unpaired) electrons. The first kappa shape index (κ1) is 12.9. The zero-order chi connectivity index (χ0) is 12.2. The summed E-state index contributed by atoms with van der Waals surface area (Å²) >= 11 is 0. The van der Waals surface area contributed by atoms with Crippen molar-refractivity contribution in [1.82, 2.24) is 0 Å². The van der Waals surface area contributed by atoms with Crippen LogP contribution < -0.4 is 0 Å². The van der Waals surface area contributed by atoms with Crippen molar-refractivity contribution in [3.8, 4) is 0 Å². The fraction of sp³-hybridized carbons (Fsp3) is 0.500. The summed E-state index contributed by atoms with van der Waals surface area (Å²) in [5.41, 5.74) is 1.23. The Balaban J connectivity index is 3.04. The quantitative estimate of drug-likeness (QED) is 0.711. The van der Waals surface area contributed by atoms with E-state index in [1.54, 1.807) is 7.11 Å². The molecule has 0 saturated heterocycles. The SMILES string of the molecule is CCC(CC)(OC)C(=O)c1ccc(C)cc1. The lowest BCUT2D eigenvalue weighted by Crippen LogP contribution is -2.39. The Bertz CT molecular complexity index is 339. The third-order valence-corrected chi connectivity index (χ3v) is 3.26. The van der Waals surface area contributed by atoms with Gasteiger partial charge >= 0.3 is 0 Å². The maximum Gasteiger partial charge on any atom is 0.194 e. The van der Waals surface area contributed by atoms with E-state index in [9.17, 15) is 4.79 Å². The Labute approximate surface area is 97.6 Å². The summed E-state index contributed by atoms with van der Waals surface area (Å²) in [7, 11) is 1.61. The smallest absolute Gasteiger partial charge is 0.194 e. The number of hydrogen-bond donors (Lipinski definition) is 0. The number of ether oxygens (including phenoxy) is 1. The second kappa shape index (κ2) is 5.26. The number of Topliss-reactive ketones (excluding diaryl/α,β-unsaturated/α-hetero) is 1. The van der Waals surface area contributed by atoms with Crippen molar-refractivity contribution in [3.05, 3.63) is 35.4 Å². The highest BCUT2D eigenvalue weighted by Crippen LogP contribution is 2.25. The third kappa shape index (κ3) is 2.33. The Hall–Kier alpha value is -1.15. The highest BCUT2D eigenvalue weighted by atomic mass is 16.5. The number of ketones is 1. The normalized spacial score (nSPS) is 11.5. The van der Waals surface area contributed by atoms with Crippen molar-refractivity contribution in [1.29, 1.82) is 0 Å². The van der Waals surface area contributed by atoms with E-state index in [-0.39, 0.29) is 5.78 Å². The minimum atomic E-state index is -0.657. The molecule has 0 amide bonds. The van der Waals surface area contributed by atoms with E-state index in [1.807, 2.05) is 45.0 Å². The van der Waals surface area contributed by atoms with Crippen molar-refractivity contribution >= 4 is 5.78 Å². The van der Waals surface area contributed by atoms with Gasteiger partial charge in [-0.05, 0) is 19.8 Å². The minimum Gasteiger partial charge on any atom is -0.370 e. The molecule has 0 unspecified atom stereocenters. The summed E-state index contributed by atoms with van der Waals surface area (Å²) in [6, 6.07) is 7.66. The molecule has 0 aliphatic rings. The predicted molar refractivity (Wildman–Crippen MR) is 65.8 cm³/mol. The number of methoxy groups -OCH3 is 1. The Morgan fingerprint density at radius 3 is 2.06 bits per heavy atom. The zero-order valence-electron chi connectivity index (χ0n) is 10.5. The molecule has 1 aromatic carbocycles. The summed E-state index contributed by atoms with van der Waals surface area (Å²) in [6.45, 7) is 5.98. The predicted octanol–water partition coefficient (Wildman–Crippen LogP) is 3.38. The number of carbonyl (C=O) groups is 1. The fourth-order valence-electron chi connectivity index (χ4n) is 1.92. The Morgan fingerprint density at radius 1 is 1.19 bits per heavy atom. The summed E-state index contributed by atoms with van der Waals surface area (Å²) in [4.78, 5) is 12.3. The van der Waals surface area contributed by atoms with Gasteiger partial charge < -0.3 is 4.74 Å². The van der Waals surface area contributed by atoms with Gasteiger partial charge in [0.05, 0.1) is 0 Å². The molecule has 16 heavy (non-hydrogen) atoms. The molecule has 0 aromatic heterocycles. The third-order valence-electron chi connectivity index (χ3n) is 3.26. The summed E-state index contributed by atoms with van der Waals surface area (Å²) in [5, 5.41) is 0. The summed E-state index contributed by atoms with van der Waals surface area (Å²) < 4.78 is 5.43. The standard InChI is InChI=1S/C14H20O2/c1-5-14(6-2,16-4)13(15)12-9-7-11(3)8-10-12/h7-10H,5-6H2,1-4H3. The van der Waals surface area contributed by atoms with Gasteiger partial charge in [-0.25, -0.2) is 0 Å². The minimum absolute atomic E-state index is 0.0833. The molecule has 2 heteroatoms. The maximum atomic E-state index is 12.3. The molecule has 0 aliphatic carbocycles. The number of rotatable bonds is 5. The molecule has 1 rings (SSSR count). The molecule has 2 nitrogen and oxygen atoms in total. The van der Waals surface area contributed by atoms with E-state index in [1.165, 1.54) is 0 Å². The van der Waals surface area contributed by atoms with Gasteiger partial charge in [0.15, 0.2) is 5.78 Å². The van der Waals surface area contributed by atoms with Gasteiger partial charge in [0.1, 0.15) is 5.60 Å². The first-order valence-electron chi connectivity index (χ1n) is 5.76. The van der Waals surface area contributed by atoms with Crippen LogP contribution in [-0.2, 0) is 4.74 Å². The monoisotopic (exact) mass is 220 g/mol. The van der Waals surface area contributed by atoms with Crippen LogP contribution in [0.15, 0.2) is 24.3 Å². The van der Waals surface area contributed by atoms with Crippen LogP contribution in [0.2, 0.25) is 0 Å². The summed E-state index contributed by atoms with van der Waals surface area (Å²) in [5.74, 6) is 0.0833. The van der Waals surface area contributed by atoms with Crippen LogP contribution in [0.3, 0.4) is 0 Å². The number of carbonyl (C=O) groups excluding carboxylic acids is 1. The number of aryl methyl sites for hydroxylation is 1. The molecule has 0 fully saturated rings. The van der Waals surface area contributed by atoms with E-state index in [0.717, 1.165) is 11.1 Å². The average molecular weight is 220 g/mol. The molecule has 0 spiro atoms. The first-order valence-corrected chi connectivity index (χ1v) is 5.76. The fourth-order valence-corrected chi connectivity index (χ4v) is 1.92. The molecule has 0 aliphatic heterocycles. The molecule has 0 N–H and O–H groups in total. The van der Waals surface area contributed by atoms with Crippen LogP contribution in [0.4, 0.5) is 0 Å². The van der Waals surface area contributed by atoms with Gasteiger partial charge in [0, 0.05) is 12.7 Å². The van der Waals surface area contributed by atoms with Crippen LogP contribution in [-0.4, -0.2) is 18.5 Å². The lowest BCUT2D eigenvalue weighted by atomic mass is 9.87. The van der Waals surface area contributed by atoms with Crippen LogP contribution in [0.1, 0.15) is 42.6 Å². The Kier molecular flexibility index (Phi) is 4.25. The van der Waals surface area contributed by atoms with Gasteiger partial charge in [-0.3, -0.25) is 4.79 Å². The zero-order valence-corrected chi connectivity index (χ0v) is 10.5. The molecule has 0 atom stereocenters. The number of hydrogen-bond acceptors (Lipinski definition) is 2. The van der Waals surface area contributed by atoms with E-state index in [0.29, 0.717) is 12.8 Å². The van der Waals surface area contributed by atoms with E-state index in [4.69, 9.17) is 4.74 Å². The van der Waals surface area contributed by atoms with Crippen molar-refractivity contribution in [2.24, 2.45) is 0 Å². The maximum absolute atomic E-state index is 12.3. The average Bonchev–Trinajstić information content (AvgIpc) is 2.33. The van der Waals surface area contributed by atoms with Crippen LogP contribution >= 0.6 is 0 Å². The second-order valence-electron chi connectivity index (χ2n) is 4.10. The highest BCUT2D eigenvalue weighted by molar-refractivity contribution is 6.02. The molecule has 0 saturated carbocycles. The Morgan fingerprint density at radius 2 is 1.69 bits per heavy atom. The molecule has 88 valence electrons. The molecular weight excluding hydrogens is 200 g/mol. The lowest BCUT2D eigenvalue weighted by molar-refractivity contribution is -0.00261. The van der Waals surface area contributed by atoms with Gasteiger partial charge in [0.2, 0.25) is 0 Å². The van der Waals surface area contributed by atoms with Crippen molar-refractivity contribution in [3.63, 3.8) is 0 Å². The largest absolute Gasteiger partial charge is 0.370 e. The van der Waals surface area contributed by atoms with Gasteiger partial charge in [-0.2, -0.15) is 0 Å². The van der Waals surface area contributed by atoms with Crippen molar-refractivity contribution in [2.75, 3.05) is 7.11 Å². The number of benzene rings is 1. The molecule has 0 bridgehead atoms. The topological polar surface area (TPSA) is 26.3 Å².